The van der Waals surface area contributed by atoms with Gasteiger partial charge >= 0.3 is 0 Å². The standard InChI is InChI=1S/C16H21N3OS/c1-4-14(17-5-2)10-11-18-16(21)19-15(20)13-8-6-12(3)7-9-13/h4-9H,10-11H2,1-3H3,(H2,18,19,20,21)/b14-4-,17-5-. The summed E-state index contributed by atoms with van der Waals surface area (Å²) in [6, 6.07) is 7.35. The molecule has 1 aromatic carbocycles. The Kier molecular flexibility index (Phi) is 7.32. The van der Waals surface area contributed by atoms with Crippen LogP contribution in [-0.4, -0.2) is 23.8 Å². The normalized spacial score (nSPS) is 11.5. The number of hydrogen-bond donors (Lipinski definition) is 2. The Labute approximate surface area is 131 Å². The first-order valence-corrected chi connectivity index (χ1v) is 7.27. The molecule has 0 heterocycles. The lowest BCUT2D eigenvalue weighted by Gasteiger charge is -2.09. The van der Waals surface area contributed by atoms with E-state index in [-0.39, 0.29) is 5.91 Å². The molecule has 0 aliphatic heterocycles. The summed E-state index contributed by atoms with van der Waals surface area (Å²) in [5, 5.41) is 6.00. The summed E-state index contributed by atoms with van der Waals surface area (Å²) in [5.74, 6) is -0.203. The molecule has 2 N–H and O–H groups in total. The highest BCUT2D eigenvalue weighted by molar-refractivity contribution is 7.80. The van der Waals surface area contributed by atoms with Gasteiger partial charge in [-0.3, -0.25) is 15.1 Å². The van der Waals surface area contributed by atoms with Gasteiger partial charge in [0, 0.05) is 30.4 Å². The molecule has 0 radical (unpaired) electrons. The summed E-state index contributed by atoms with van der Waals surface area (Å²) in [4.78, 5) is 16.2. The van der Waals surface area contributed by atoms with E-state index < -0.39 is 0 Å². The third kappa shape index (κ3) is 6.31. The molecular formula is C16H21N3OS. The highest BCUT2D eigenvalue weighted by Gasteiger charge is 2.06. The van der Waals surface area contributed by atoms with E-state index in [2.05, 4.69) is 15.6 Å². The first-order chi connectivity index (χ1) is 10.1. The van der Waals surface area contributed by atoms with Crippen LogP contribution in [0, 0.1) is 6.92 Å². The molecule has 4 nitrogen and oxygen atoms in total. The number of benzene rings is 1. The van der Waals surface area contributed by atoms with Crippen LogP contribution in [0.2, 0.25) is 0 Å². The predicted octanol–water partition coefficient (Wildman–Crippen LogP) is 2.98. The number of nitrogens with one attached hydrogen (secondary N) is 2. The van der Waals surface area contributed by atoms with Crippen molar-refractivity contribution in [2.45, 2.75) is 27.2 Å². The summed E-state index contributed by atoms with van der Waals surface area (Å²) >= 11 is 5.11. The maximum absolute atomic E-state index is 11.9. The van der Waals surface area contributed by atoms with E-state index in [9.17, 15) is 4.79 Å². The van der Waals surface area contributed by atoms with Crippen molar-refractivity contribution in [2.24, 2.45) is 4.99 Å². The zero-order valence-corrected chi connectivity index (χ0v) is 13.5. The number of carbonyl (C=O) groups excluding carboxylic acids is 1. The highest BCUT2D eigenvalue weighted by Crippen LogP contribution is 2.03. The molecule has 0 fully saturated rings. The molecule has 0 atom stereocenters. The minimum atomic E-state index is -0.203. The Bertz CT molecular complexity index is 547. The molecule has 112 valence electrons. The topological polar surface area (TPSA) is 53.5 Å². The third-order valence-electron chi connectivity index (χ3n) is 2.84. The summed E-state index contributed by atoms with van der Waals surface area (Å²) in [5.41, 5.74) is 2.69. The number of rotatable bonds is 5. The van der Waals surface area contributed by atoms with Gasteiger partial charge in [0.1, 0.15) is 0 Å². The SMILES string of the molecule is C/C=N\C(=C/C)CCNC(=S)NC(=O)c1ccc(C)cc1. The maximum Gasteiger partial charge on any atom is 0.257 e. The van der Waals surface area contributed by atoms with Crippen molar-refractivity contribution in [1.29, 1.82) is 0 Å². The molecule has 0 aliphatic rings. The number of thiocarbonyl (C=S) groups is 1. The van der Waals surface area contributed by atoms with Crippen molar-refractivity contribution in [3.8, 4) is 0 Å². The van der Waals surface area contributed by atoms with Crippen LogP contribution in [0.15, 0.2) is 41.0 Å². The number of hydrogen-bond acceptors (Lipinski definition) is 3. The summed E-state index contributed by atoms with van der Waals surface area (Å²) in [6.07, 6.45) is 4.46. The second-order valence-corrected chi connectivity index (χ2v) is 4.90. The van der Waals surface area contributed by atoms with Gasteiger partial charge in [-0.25, -0.2) is 0 Å². The minimum absolute atomic E-state index is 0.203. The third-order valence-corrected chi connectivity index (χ3v) is 3.08. The quantitative estimate of drug-likeness (QED) is 0.649. The molecule has 1 rings (SSSR count). The molecule has 0 saturated heterocycles. The van der Waals surface area contributed by atoms with Crippen LogP contribution >= 0.6 is 12.2 Å². The van der Waals surface area contributed by atoms with Crippen LogP contribution in [-0.2, 0) is 0 Å². The summed E-state index contributed by atoms with van der Waals surface area (Å²) < 4.78 is 0. The van der Waals surface area contributed by atoms with Gasteiger partial charge in [-0.15, -0.1) is 0 Å². The smallest absolute Gasteiger partial charge is 0.257 e. The van der Waals surface area contributed by atoms with E-state index in [0.717, 1.165) is 17.7 Å². The molecule has 1 aromatic rings. The van der Waals surface area contributed by atoms with Crippen LogP contribution in [0.4, 0.5) is 0 Å². The summed E-state index contributed by atoms with van der Waals surface area (Å²) in [6.45, 7) is 6.43. The average molecular weight is 303 g/mol. The maximum atomic E-state index is 11.9. The van der Waals surface area contributed by atoms with Crippen molar-refractivity contribution in [1.82, 2.24) is 10.6 Å². The van der Waals surface area contributed by atoms with Crippen LogP contribution in [0.1, 0.15) is 36.2 Å². The lowest BCUT2D eigenvalue weighted by atomic mass is 10.1. The zero-order chi connectivity index (χ0) is 15.7. The second-order valence-electron chi connectivity index (χ2n) is 4.49. The molecule has 0 aliphatic carbocycles. The van der Waals surface area contributed by atoms with Crippen molar-refractivity contribution >= 4 is 29.5 Å². The van der Waals surface area contributed by atoms with Gasteiger partial charge in [-0.2, -0.15) is 0 Å². The molecule has 0 bridgehead atoms. The Morgan fingerprint density at radius 1 is 1.29 bits per heavy atom. The Hall–Kier alpha value is -2.01. The fourth-order valence-electron chi connectivity index (χ4n) is 1.68. The number of carbonyl (C=O) groups is 1. The van der Waals surface area contributed by atoms with Crippen LogP contribution in [0.5, 0.6) is 0 Å². The number of aryl methyl sites for hydroxylation is 1. The fraction of sp³-hybridized carbons (Fsp3) is 0.312. The summed E-state index contributed by atoms with van der Waals surface area (Å²) in [7, 11) is 0. The molecular weight excluding hydrogens is 282 g/mol. The van der Waals surface area contributed by atoms with E-state index in [1.807, 2.05) is 39.0 Å². The van der Waals surface area contributed by atoms with Crippen molar-refractivity contribution < 1.29 is 4.79 Å². The monoisotopic (exact) mass is 303 g/mol. The van der Waals surface area contributed by atoms with E-state index in [1.165, 1.54) is 0 Å². The van der Waals surface area contributed by atoms with Crippen LogP contribution < -0.4 is 10.6 Å². The van der Waals surface area contributed by atoms with Gasteiger partial charge in [-0.1, -0.05) is 23.8 Å². The lowest BCUT2D eigenvalue weighted by Crippen LogP contribution is -2.39. The van der Waals surface area contributed by atoms with Crippen molar-refractivity contribution in [3.05, 3.63) is 47.2 Å². The largest absolute Gasteiger partial charge is 0.362 e. The fourth-order valence-corrected chi connectivity index (χ4v) is 1.87. The number of nitrogens with zero attached hydrogens (tertiary/aromatic N) is 1. The Morgan fingerprint density at radius 2 is 1.95 bits per heavy atom. The van der Waals surface area contributed by atoms with Gasteiger partial charge in [0.15, 0.2) is 5.11 Å². The molecule has 0 unspecified atom stereocenters. The highest BCUT2D eigenvalue weighted by atomic mass is 32.1. The van der Waals surface area contributed by atoms with Gasteiger partial charge in [0.25, 0.3) is 5.91 Å². The molecule has 1 amide bonds. The van der Waals surface area contributed by atoms with Crippen molar-refractivity contribution in [3.63, 3.8) is 0 Å². The molecule has 0 spiro atoms. The van der Waals surface area contributed by atoms with Gasteiger partial charge < -0.3 is 5.32 Å². The Morgan fingerprint density at radius 3 is 2.52 bits per heavy atom. The van der Waals surface area contributed by atoms with Crippen LogP contribution in [0.25, 0.3) is 0 Å². The predicted molar refractivity (Wildman–Crippen MR) is 91.8 cm³/mol. The first-order valence-electron chi connectivity index (χ1n) is 6.86. The van der Waals surface area contributed by atoms with E-state index in [0.29, 0.717) is 17.2 Å². The second kappa shape index (κ2) is 9.02. The minimum Gasteiger partial charge on any atom is -0.362 e. The molecule has 0 saturated carbocycles. The number of aliphatic imine (C=N–C) groups is 1. The molecule has 21 heavy (non-hydrogen) atoms. The average Bonchev–Trinajstić information content (AvgIpc) is 2.46. The van der Waals surface area contributed by atoms with Gasteiger partial charge in [0.05, 0.1) is 0 Å². The number of allylic oxidation sites excluding steroid dienone is 1. The Balaban J connectivity index is 2.40. The van der Waals surface area contributed by atoms with Crippen molar-refractivity contribution in [2.75, 3.05) is 6.54 Å². The number of amides is 1. The van der Waals surface area contributed by atoms with Gasteiger partial charge in [0.2, 0.25) is 0 Å². The van der Waals surface area contributed by atoms with Gasteiger partial charge in [-0.05, 0) is 45.1 Å². The van der Waals surface area contributed by atoms with E-state index in [1.54, 1.807) is 18.3 Å². The molecule has 0 aromatic heterocycles. The first kappa shape index (κ1) is 17.0. The van der Waals surface area contributed by atoms with E-state index >= 15 is 0 Å². The van der Waals surface area contributed by atoms with E-state index in [4.69, 9.17) is 12.2 Å². The van der Waals surface area contributed by atoms with Crippen LogP contribution in [0.3, 0.4) is 0 Å². The lowest BCUT2D eigenvalue weighted by molar-refractivity contribution is 0.0976. The molecule has 5 heteroatoms. The zero-order valence-electron chi connectivity index (χ0n) is 12.6.